The largest absolute Gasteiger partial charge is 0.490 e. The van der Waals surface area contributed by atoms with Gasteiger partial charge < -0.3 is 9.64 Å². The third-order valence-electron chi connectivity index (χ3n) is 1.86. The standard InChI is InChI=1S/C7H8F3NO3/c1-11-3-2-4(5(11)12)14-6(13)7(8,9)10/h4H,2-3H2,1H3. The number of ether oxygens (including phenoxy) is 1. The van der Waals surface area contributed by atoms with E-state index in [0.717, 1.165) is 0 Å². The smallest absolute Gasteiger partial charge is 0.446 e. The van der Waals surface area contributed by atoms with Gasteiger partial charge in [0.25, 0.3) is 5.91 Å². The van der Waals surface area contributed by atoms with E-state index in [0.29, 0.717) is 6.54 Å². The van der Waals surface area contributed by atoms with Crippen LogP contribution in [0.15, 0.2) is 0 Å². The number of nitrogens with zero attached hydrogens (tertiary/aromatic N) is 1. The van der Waals surface area contributed by atoms with Crippen LogP contribution in [0.1, 0.15) is 6.42 Å². The summed E-state index contributed by atoms with van der Waals surface area (Å²) in [6.07, 6.45) is -6.22. The summed E-state index contributed by atoms with van der Waals surface area (Å²) >= 11 is 0. The first-order valence-corrected chi connectivity index (χ1v) is 3.85. The van der Waals surface area contributed by atoms with Crippen molar-refractivity contribution in [1.82, 2.24) is 4.90 Å². The Hall–Kier alpha value is -1.27. The maximum Gasteiger partial charge on any atom is 0.490 e. The highest BCUT2D eigenvalue weighted by Gasteiger charge is 2.44. The van der Waals surface area contributed by atoms with Gasteiger partial charge in [-0.2, -0.15) is 13.2 Å². The fourth-order valence-electron chi connectivity index (χ4n) is 1.10. The van der Waals surface area contributed by atoms with E-state index in [-0.39, 0.29) is 6.42 Å². The minimum absolute atomic E-state index is 0.108. The van der Waals surface area contributed by atoms with E-state index in [1.54, 1.807) is 0 Å². The van der Waals surface area contributed by atoms with Gasteiger partial charge in [0.2, 0.25) is 0 Å². The van der Waals surface area contributed by atoms with Crippen molar-refractivity contribution >= 4 is 11.9 Å². The van der Waals surface area contributed by atoms with Crippen LogP contribution in [0.25, 0.3) is 0 Å². The third kappa shape index (κ3) is 2.15. The maximum atomic E-state index is 11.7. The number of esters is 1. The monoisotopic (exact) mass is 211 g/mol. The molecule has 4 nitrogen and oxygen atoms in total. The number of carbonyl (C=O) groups is 2. The molecule has 1 atom stereocenters. The number of carbonyl (C=O) groups excluding carboxylic acids is 2. The Labute approximate surface area is 77.6 Å². The molecule has 1 unspecified atom stereocenters. The van der Waals surface area contributed by atoms with Crippen molar-refractivity contribution in [3.63, 3.8) is 0 Å². The van der Waals surface area contributed by atoms with E-state index in [4.69, 9.17) is 0 Å². The van der Waals surface area contributed by atoms with Crippen molar-refractivity contribution in [3.8, 4) is 0 Å². The van der Waals surface area contributed by atoms with Gasteiger partial charge in [0.1, 0.15) is 0 Å². The van der Waals surface area contributed by atoms with E-state index in [9.17, 15) is 22.8 Å². The minimum Gasteiger partial charge on any atom is -0.446 e. The van der Waals surface area contributed by atoms with E-state index in [1.807, 2.05) is 0 Å². The van der Waals surface area contributed by atoms with Crippen LogP contribution in [0.5, 0.6) is 0 Å². The molecule has 1 rings (SSSR count). The molecular weight excluding hydrogens is 203 g/mol. The van der Waals surface area contributed by atoms with Crippen LogP contribution in [0.3, 0.4) is 0 Å². The van der Waals surface area contributed by atoms with Crippen molar-refractivity contribution in [1.29, 1.82) is 0 Å². The fraction of sp³-hybridized carbons (Fsp3) is 0.714. The second-order valence-electron chi connectivity index (χ2n) is 2.94. The lowest BCUT2D eigenvalue weighted by Crippen LogP contribution is -2.34. The molecule has 1 heterocycles. The van der Waals surface area contributed by atoms with Crippen LogP contribution in [0, 0.1) is 0 Å². The lowest BCUT2D eigenvalue weighted by atomic mass is 10.3. The van der Waals surface area contributed by atoms with E-state index in [1.165, 1.54) is 11.9 Å². The Morgan fingerprint density at radius 3 is 2.50 bits per heavy atom. The SMILES string of the molecule is CN1CCC(OC(=O)C(F)(F)F)C1=O. The molecule has 1 amide bonds. The molecule has 0 bridgehead atoms. The summed E-state index contributed by atoms with van der Waals surface area (Å²) in [7, 11) is 1.43. The number of hydrogen-bond acceptors (Lipinski definition) is 3. The topological polar surface area (TPSA) is 46.6 Å². The summed E-state index contributed by atoms with van der Waals surface area (Å²) in [5, 5.41) is 0. The van der Waals surface area contributed by atoms with E-state index in [2.05, 4.69) is 4.74 Å². The van der Waals surface area contributed by atoms with Crippen LogP contribution in [-0.4, -0.2) is 42.6 Å². The Morgan fingerprint density at radius 2 is 2.14 bits per heavy atom. The molecule has 1 aliphatic heterocycles. The number of amides is 1. The Balaban J connectivity index is 2.54. The highest BCUT2D eigenvalue weighted by molar-refractivity contribution is 5.86. The first kappa shape index (κ1) is 10.8. The molecule has 7 heteroatoms. The third-order valence-corrected chi connectivity index (χ3v) is 1.86. The highest BCUT2D eigenvalue weighted by Crippen LogP contribution is 2.20. The molecule has 0 aromatic rings. The van der Waals surface area contributed by atoms with Crippen molar-refractivity contribution in [2.75, 3.05) is 13.6 Å². The molecule has 0 aliphatic carbocycles. The highest BCUT2D eigenvalue weighted by atomic mass is 19.4. The average Bonchev–Trinajstić information content (AvgIpc) is 2.34. The van der Waals surface area contributed by atoms with E-state index >= 15 is 0 Å². The lowest BCUT2D eigenvalue weighted by Gasteiger charge is -2.12. The minimum atomic E-state index is -5.04. The molecule has 80 valence electrons. The van der Waals surface area contributed by atoms with Gasteiger partial charge in [-0.05, 0) is 0 Å². The molecule has 0 radical (unpaired) electrons. The number of likely N-dealkylation sites (tertiary alicyclic amines) is 1. The molecule has 1 saturated heterocycles. The van der Waals surface area contributed by atoms with E-state index < -0.39 is 24.2 Å². The van der Waals surface area contributed by atoms with Gasteiger partial charge in [0.05, 0.1) is 0 Å². The zero-order chi connectivity index (χ0) is 10.9. The van der Waals surface area contributed by atoms with Gasteiger partial charge in [0, 0.05) is 20.0 Å². The number of likely N-dealkylation sites (N-methyl/N-ethyl adjacent to an activating group) is 1. The van der Waals surface area contributed by atoms with Crippen LogP contribution in [-0.2, 0) is 14.3 Å². The predicted molar refractivity (Wildman–Crippen MR) is 38.2 cm³/mol. The van der Waals surface area contributed by atoms with Crippen molar-refractivity contribution in [3.05, 3.63) is 0 Å². The molecule has 14 heavy (non-hydrogen) atoms. The maximum absolute atomic E-state index is 11.7. The Bertz CT molecular complexity index is 263. The predicted octanol–water partition coefficient (Wildman–Crippen LogP) is 0.323. The van der Waals surface area contributed by atoms with Crippen LogP contribution in [0.2, 0.25) is 0 Å². The van der Waals surface area contributed by atoms with Gasteiger partial charge in [-0.3, -0.25) is 4.79 Å². The first-order valence-electron chi connectivity index (χ1n) is 3.85. The fourth-order valence-corrected chi connectivity index (χ4v) is 1.10. The summed E-state index contributed by atoms with van der Waals surface area (Å²) in [5.41, 5.74) is 0. The molecule has 0 aromatic carbocycles. The summed E-state index contributed by atoms with van der Waals surface area (Å²) in [6, 6.07) is 0. The summed E-state index contributed by atoms with van der Waals surface area (Å²) < 4.78 is 39.2. The molecule has 0 aromatic heterocycles. The van der Waals surface area contributed by atoms with Gasteiger partial charge in [0.15, 0.2) is 6.10 Å². The summed E-state index contributed by atoms with van der Waals surface area (Å²) in [4.78, 5) is 22.6. The van der Waals surface area contributed by atoms with Crippen molar-refractivity contribution < 1.29 is 27.5 Å². The van der Waals surface area contributed by atoms with Crippen LogP contribution < -0.4 is 0 Å². The molecule has 0 saturated carbocycles. The number of alkyl halides is 3. The van der Waals surface area contributed by atoms with Gasteiger partial charge in [-0.1, -0.05) is 0 Å². The normalized spacial score (nSPS) is 22.7. The van der Waals surface area contributed by atoms with Crippen molar-refractivity contribution in [2.45, 2.75) is 18.7 Å². The van der Waals surface area contributed by atoms with Gasteiger partial charge in [-0.15, -0.1) is 0 Å². The summed E-state index contributed by atoms with van der Waals surface area (Å²) in [5.74, 6) is -2.91. The molecule has 0 N–H and O–H groups in total. The zero-order valence-electron chi connectivity index (χ0n) is 7.30. The Morgan fingerprint density at radius 1 is 1.57 bits per heavy atom. The number of halogens is 3. The van der Waals surface area contributed by atoms with Gasteiger partial charge >= 0.3 is 12.1 Å². The van der Waals surface area contributed by atoms with Crippen LogP contribution >= 0.6 is 0 Å². The van der Waals surface area contributed by atoms with Crippen LogP contribution in [0.4, 0.5) is 13.2 Å². The first-order chi connectivity index (χ1) is 6.32. The second-order valence-corrected chi connectivity index (χ2v) is 2.94. The average molecular weight is 211 g/mol. The zero-order valence-corrected chi connectivity index (χ0v) is 7.30. The molecule has 1 aliphatic rings. The van der Waals surface area contributed by atoms with Crippen molar-refractivity contribution in [2.24, 2.45) is 0 Å². The number of hydrogen-bond donors (Lipinski definition) is 0. The van der Waals surface area contributed by atoms with Gasteiger partial charge in [-0.25, -0.2) is 4.79 Å². The lowest BCUT2D eigenvalue weighted by molar-refractivity contribution is -0.204. The molecule has 1 fully saturated rings. The quantitative estimate of drug-likeness (QED) is 0.587. The Kier molecular flexibility index (Phi) is 2.68. The molecule has 0 spiro atoms. The summed E-state index contributed by atoms with van der Waals surface area (Å²) in [6.45, 7) is 0.300. The second kappa shape index (κ2) is 3.47. The number of rotatable bonds is 1. The molecular formula is C7H8F3NO3.